The van der Waals surface area contributed by atoms with E-state index in [-0.39, 0.29) is 0 Å². The molecule has 0 atom stereocenters. The standard InChI is InChI=1S/C14H20N2OS/c1-17-11-5-9-15-14(18)16-10-4-7-12-6-2-3-8-13(12)16/h2-3,6,8H,4-5,7,9-11H2,1H3,(H,15,18). The summed E-state index contributed by atoms with van der Waals surface area (Å²) in [4.78, 5) is 2.21. The zero-order chi connectivity index (χ0) is 12.8. The quantitative estimate of drug-likeness (QED) is 0.666. The van der Waals surface area contributed by atoms with Gasteiger partial charge >= 0.3 is 0 Å². The minimum Gasteiger partial charge on any atom is -0.385 e. The first-order chi connectivity index (χ1) is 8.83. The Morgan fingerprint density at radius 3 is 3.11 bits per heavy atom. The summed E-state index contributed by atoms with van der Waals surface area (Å²) in [6.45, 7) is 2.64. The number of nitrogens with one attached hydrogen (secondary N) is 1. The van der Waals surface area contributed by atoms with E-state index in [2.05, 4.69) is 34.5 Å². The van der Waals surface area contributed by atoms with Crippen LogP contribution in [-0.2, 0) is 11.2 Å². The largest absolute Gasteiger partial charge is 0.385 e. The highest BCUT2D eigenvalue weighted by Gasteiger charge is 2.18. The maximum absolute atomic E-state index is 5.47. The number of benzene rings is 1. The van der Waals surface area contributed by atoms with Crippen LogP contribution in [0.5, 0.6) is 0 Å². The van der Waals surface area contributed by atoms with Gasteiger partial charge in [0.2, 0.25) is 0 Å². The van der Waals surface area contributed by atoms with E-state index < -0.39 is 0 Å². The molecule has 4 heteroatoms. The fourth-order valence-electron chi connectivity index (χ4n) is 2.25. The molecule has 98 valence electrons. The third-order valence-electron chi connectivity index (χ3n) is 3.16. The molecular formula is C14H20N2OS. The highest BCUT2D eigenvalue weighted by Crippen LogP contribution is 2.26. The first kappa shape index (κ1) is 13.3. The van der Waals surface area contributed by atoms with Gasteiger partial charge in [-0.1, -0.05) is 18.2 Å². The van der Waals surface area contributed by atoms with Crippen molar-refractivity contribution in [1.82, 2.24) is 5.32 Å². The van der Waals surface area contributed by atoms with E-state index in [1.165, 1.54) is 11.3 Å². The van der Waals surface area contributed by atoms with Crippen LogP contribution in [0, 0.1) is 0 Å². The Balaban J connectivity index is 1.95. The Hall–Kier alpha value is -1.13. The van der Waals surface area contributed by atoms with Crippen molar-refractivity contribution in [3.63, 3.8) is 0 Å². The molecule has 0 radical (unpaired) electrons. The van der Waals surface area contributed by atoms with Crippen molar-refractivity contribution in [2.24, 2.45) is 0 Å². The van der Waals surface area contributed by atoms with Gasteiger partial charge in [-0.25, -0.2) is 0 Å². The third-order valence-corrected chi connectivity index (χ3v) is 3.52. The molecule has 0 aromatic heterocycles. The topological polar surface area (TPSA) is 24.5 Å². The van der Waals surface area contributed by atoms with Gasteiger partial charge in [0.1, 0.15) is 0 Å². The summed E-state index contributed by atoms with van der Waals surface area (Å²) >= 11 is 5.47. The number of hydrogen-bond donors (Lipinski definition) is 1. The van der Waals surface area contributed by atoms with Gasteiger partial charge in [0, 0.05) is 32.5 Å². The van der Waals surface area contributed by atoms with Crippen LogP contribution < -0.4 is 10.2 Å². The summed E-state index contributed by atoms with van der Waals surface area (Å²) in [5.74, 6) is 0. The average molecular weight is 264 g/mol. The predicted molar refractivity (Wildman–Crippen MR) is 79.2 cm³/mol. The molecule has 1 aromatic carbocycles. The SMILES string of the molecule is COCCCNC(=S)N1CCCc2ccccc21. The van der Waals surface area contributed by atoms with Gasteiger partial charge in [0.15, 0.2) is 5.11 Å². The second kappa shape index (κ2) is 6.71. The van der Waals surface area contributed by atoms with Crippen molar-refractivity contribution in [2.45, 2.75) is 19.3 Å². The van der Waals surface area contributed by atoms with Crippen LogP contribution in [0.1, 0.15) is 18.4 Å². The molecule has 1 aromatic rings. The van der Waals surface area contributed by atoms with Crippen LogP contribution in [0.25, 0.3) is 0 Å². The molecule has 0 spiro atoms. The number of methoxy groups -OCH3 is 1. The summed E-state index contributed by atoms with van der Waals surface area (Å²) in [5, 5.41) is 4.14. The lowest BCUT2D eigenvalue weighted by molar-refractivity contribution is 0.195. The Bertz CT molecular complexity index is 409. The number of anilines is 1. The summed E-state index contributed by atoms with van der Waals surface area (Å²) < 4.78 is 5.03. The Labute approximate surface area is 114 Å². The van der Waals surface area contributed by atoms with E-state index in [0.717, 1.165) is 44.1 Å². The van der Waals surface area contributed by atoms with Crippen molar-refractivity contribution in [2.75, 3.05) is 31.7 Å². The molecular weight excluding hydrogens is 244 g/mol. The zero-order valence-electron chi connectivity index (χ0n) is 10.8. The van der Waals surface area contributed by atoms with Crippen LogP contribution in [0.2, 0.25) is 0 Å². The third kappa shape index (κ3) is 3.21. The van der Waals surface area contributed by atoms with E-state index in [4.69, 9.17) is 17.0 Å². The molecule has 0 unspecified atom stereocenters. The lowest BCUT2D eigenvalue weighted by atomic mass is 10.0. The lowest BCUT2D eigenvalue weighted by Crippen LogP contribution is -2.43. The molecule has 0 amide bonds. The molecule has 2 rings (SSSR count). The molecule has 1 aliphatic heterocycles. The number of thiocarbonyl (C=S) groups is 1. The molecule has 3 nitrogen and oxygen atoms in total. The monoisotopic (exact) mass is 264 g/mol. The summed E-state index contributed by atoms with van der Waals surface area (Å²) in [6, 6.07) is 8.51. The number of nitrogens with zero attached hydrogens (tertiary/aromatic N) is 1. The number of aryl methyl sites for hydroxylation is 1. The van der Waals surface area contributed by atoms with Crippen molar-refractivity contribution in [3.05, 3.63) is 29.8 Å². The van der Waals surface area contributed by atoms with Crippen LogP contribution in [0.15, 0.2) is 24.3 Å². The number of ether oxygens (including phenoxy) is 1. The second-order valence-corrected chi connectivity index (χ2v) is 4.85. The number of hydrogen-bond acceptors (Lipinski definition) is 2. The minimum absolute atomic E-state index is 0.770. The smallest absolute Gasteiger partial charge is 0.173 e. The van der Waals surface area contributed by atoms with E-state index in [1.54, 1.807) is 7.11 Å². The van der Waals surface area contributed by atoms with E-state index in [9.17, 15) is 0 Å². The van der Waals surface area contributed by atoms with Gasteiger partial charge in [-0.05, 0) is 43.1 Å². The maximum atomic E-state index is 5.47. The lowest BCUT2D eigenvalue weighted by Gasteiger charge is -2.31. The number of fused-ring (bicyclic) bond motifs is 1. The summed E-state index contributed by atoms with van der Waals surface area (Å²) in [7, 11) is 1.72. The van der Waals surface area contributed by atoms with Gasteiger partial charge < -0.3 is 15.0 Å². The molecule has 0 bridgehead atoms. The fourth-order valence-corrected chi connectivity index (χ4v) is 2.54. The average Bonchev–Trinajstić information content (AvgIpc) is 2.43. The molecule has 18 heavy (non-hydrogen) atoms. The molecule has 0 fully saturated rings. The first-order valence-corrected chi connectivity index (χ1v) is 6.86. The van der Waals surface area contributed by atoms with Crippen LogP contribution >= 0.6 is 12.2 Å². The molecule has 0 aliphatic carbocycles. The van der Waals surface area contributed by atoms with Gasteiger partial charge in [0.25, 0.3) is 0 Å². The van der Waals surface area contributed by atoms with Gasteiger partial charge in [-0.2, -0.15) is 0 Å². The van der Waals surface area contributed by atoms with Crippen LogP contribution in [0.3, 0.4) is 0 Å². The number of para-hydroxylation sites is 1. The first-order valence-electron chi connectivity index (χ1n) is 6.45. The van der Waals surface area contributed by atoms with Gasteiger partial charge in [-0.15, -0.1) is 0 Å². The summed E-state index contributed by atoms with van der Waals surface area (Å²) in [5.41, 5.74) is 2.65. The Morgan fingerprint density at radius 2 is 2.28 bits per heavy atom. The van der Waals surface area contributed by atoms with E-state index in [0.29, 0.717) is 0 Å². The Kier molecular flexibility index (Phi) is 4.96. The second-order valence-electron chi connectivity index (χ2n) is 4.46. The molecule has 0 saturated carbocycles. The van der Waals surface area contributed by atoms with E-state index in [1.807, 2.05) is 0 Å². The van der Waals surface area contributed by atoms with Crippen molar-refractivity contribution >= 4 is 23.0 Å². The fraction of sp³-hybridized carbons (Fsp3) is 0.500. The van der Waals surface area contributed by atoms with Gasteiger partial charge in [0.05, 0.1) is 0 Å². The normalized spacial score (nSPS) is 14.2. The van der Waals surface area contributed by atoms with Crippen molar-refractivity contribution in [3.8, 4) is 0 Å². The highest BCUT2D eigenvalue weighted by atomic mass is 32.1. The zero-order valence-corrected chi connectivity index (χ0v) is 11.6. The minimum atomic E-state index is 0.770. The van der Waals surface area contributed by atoms with E-state index >= 15 is 0 Å². The van der Waals surface area contributed by atoms with Gasteiger partial charge in [-0.3, -0.25) is 0 Å². The summed E-state index contributed by atoms with van der Waals surface area (Å²) in [6.07, 6.45) is 3.29. The Morgan fingerprint density at radius 1 is 1.44 bits per heavy atom. The molecule has 1 heterocycles. The molecule has 1 N–H and O–H groups in total. The van der Waals surface area contributed by atoms with Crippen molar-refractivity contribution in [1.29, 1.82) is 0 Å². The van der Waals surface area contributed by atoms with Crippen molar-refractivity contribution < 1.29 is 4.74 Å². The van der Waals surface area contributed by atoms with Crippen LogP contribution in [-0.4, -0.2) is 31.9 Å². The van der Waals surface area contributed by atoms with Crippen LogP contribution in [0.4, 0.5) is 5.69 Å². The maximum Gasteiger partial charge on any atom is 0.173 e. The molecule has 1 aliphatic rings. The highest BCUT2D eigenvalue weighted by molar-refractivity contribution is 7.80. The predicted octanol–water partition coefficient (Wildman–Crippen LogP) is 2.35. The molecule has 0 saturated heterocycles. The number of rotatable bonds is 4.